The minimum Gasteiger partial charge on any atom is -0.497 e. The van der Waals surface area contributed by atoms with Gasteiger partial charge in [0.05, 0.1) is 19.3 Å². The number of methoxy groups -OCH3 is 1. The summed E-state index contributed by atoms with van der Waals surface area (Å²) in [7, 11) is 1.64. The Morgan fingerprint density at radius 3 is 2.42 bits per heavy atom. The Hall–Kier alpha value is -3.09. The monoisotopic (exact) mass is 354 g/mol. The number of carbonyl (C=O) groups excluding carboxylic acids is 2. The van der Waals surface area contributed by atoms with E-state index in [0.717, 1.165) is 17.1 Å². The van der Waals surface area contributed by atoms with E-state index in [9.17, 15) is 9.59 Å². The largest absolute Gasteiger partial charge is 0.497 e. The Balaban J connectivity index is 1.48. The fourth-order valence-electron chi connectivity index (χ4n) is 2.85. The molecular weight excluding hydrogens is 332 g/mol. The maximum atomic E-state index is 12.3. The van der Waals surface area contributed by atoms with Crippen LogP contribution in [0.4, 0.5) is 5.69 Å². The lowest BCUT2D eigenvalue weighted by Gasteiger charge is -2.35. The standard InChI is InChI=1S/C19H22N4O3/c1-26-17-7-5-16(6-8-17)22-10-12-23(13-11-22)19(25)18(24)21-14-15-4-2-3-9-20-15/h2-9H,10-14H2,1H3,(H,21,24). The predicted molar refractivity (Wildman–Crippen MR) is 97.9 cm³/mol. The van der Waals surface area contributed by atoms with Crippen LogP contribution in [0.1, 0.15) is 5.69 Å². The van der Waals surface area contributed by atoms with E-state index in [1.807, 2.05) is 30.3 Å². The molecule has 2 aromatic rings. The van der Waals surface area contributed by atoms with E-state index >= 15 is 0 Å². The van der Waals surface area contributed by atoms with Crippen molar-refractivity contribution in [3.63, 3.8) is 0 Å². The third-order valence-corrected chi connectivity index (χ3v) is 4.35. The number of anilines is 1. The summed E-state index contributed by atoms with van der Waals surface area (Å²) in [5.74, 6) is -0.268. The maximum absolute atomic E-state index is 12.3. The molecule has 1 aromatic carbocycles. The topological polar surface area (TPSA) is 74.8 Å². The van der Waals surface area contributed by atoms with E-state index in [1.54, 1.807) is 30.3 Å². The van der Waals surface area contributed by atoms with Crippen LogP contribution >= 0.6 is 0 Å². The Labute approximate surface area is 152 Å². The van der Waals surface area contributed by atoms with E-state index in [2.05, 4.69) is 15.2 Å². The van der Waals surface area contributed by atoms with E-state index in [0.29, 0.717) is 26.2 Å². The Kier molecular flexibility index (Phi) is 5.68. The summed E-state index contributed by atoms with van der Waals surface area (Å²) in [5, 5.41) is 2.63. The number of hydrogen-bond acceptors (Lipinski definition) is 5. The normalized spacial score (nSPS) is 14.0. The lowest BCUT2D eigenvalue weighted by Crippen LogP contribution is -2.52. The molecule has 3 rings (SSSR count). The Morgan fingerprint density at radius 1 is 1.08 bits per heavy atom. The highest BCUT2D eigenvalue weighted by Crippen LogP contribution is 2.20. The van der Waals surface area contributed by atoms with Crippen molar-refractivity contribution < 1.29 is 14.3 Å². The van der Waals surface area contributed by atoms with Gasteiger partial charge in [-0.3, -0.25) is 14.6 Å². The molecule has 0 spiro atoms. The van der Waals surface area contributed by atoms with Gasteiger partial charge < -0.3 is 19.9 Å². The number of pyridine rings is 1. The Bertz CT molecular complexity index is 741. The molecule has 2 heterocycles. The summed E-state index contributed by atoms with van der Waals surface area (Å²) in [6, 6.07) is 13.3. The minimum atomic E-state index is -0.589. The number of ether oxygens (including phenoxy) is 1. The molecule has 2 amide bonds. The third-order valence-electron chi connectivity index (χ3n) is 4.35. The lowest BCUT2D eigenvalue weighted by atomic mass is 10.2. The number of hydrogen-bond donors (Lipinski definition) is 1. The van der Waals surface area contributed by atoms with Gasteiger partial charge in [0.25, 0.3) is 0 Å². The molecule has 1 aromatic heterocycles. The summed E-state index contributed by atoms with van der Waals surface area (Å²) >= 11 is 0. The van der Waals surface area contributed by atoms with Crippen LogP contribution in [0.15, 0.2) is 48.7 Å². The van der Waals surface area contributed by atoms with Crippen molar-refractivity contribution in [2.24, 2.45) is 0 Å². The number of amides is 2. The molecule has 0 aliphatic carbocycles. The molecule has 26 heavy (non-hydrogen) atoms. The van der Waals surface area contributed by atoms with Crippen molar-refractivity contribution in [1.29, 1.82) is 0 Å². The van der Waals surface area contributed by atoms with Gasteiger partial charge in [0.15, 0.2) is 0 Å². The molecule has 0 bridgehead atoms. The highest BCUT2D eigenvalue weighted by atomic mass is 16.5. The number of aromatic nitrogens is 1. The predicted octanol–water partition coefficient (Wildman–Crippen LogP) is 1.06. The van der Waals surface area contributed by atoms with Crippen LogP contribution in [-0.4, -0.2) is 55.0 Å². The van der Waals surface area contributed by atoms with Gasteiger partial charge >= 0.3 is 11.8 Å². The molecule has 1 aliphatic heterocycles. The van der Waals surface area contributed by atoms with Crippen molar-refractivity contribution in [2.75, 3.05) is 38.2 Å². The van der Waals surface area contributed by atoms with E-state index < -0.39 is 11.8 Å². The summed E-state index contributed by atoms with van der Waals surface area (Å²) < 4.78 is 5.17. The number of nitrogens with zero attached hydrogens (tertiary/aromatic N) is 3. The van der Waals surface area contributed by atoms with Crippen LogP contribution < -0.4 is 15.0 Å². The number of benzene rings is 1. The second-order valence-electron chi connectivity index (χ2n) is 5.98. The molecule has 0 saturated carbocycles. The van der Waals surface area contributed by atoms with Crippen molar-refractivity contribution >= 4 is 17.5 Å². The first-order valence-electron chi connectivity index (χ1n) is 8.53. The highest BCUT2D eigenvalue weighted by molar-refractivity contribution is 6.35. The average molecular weight is 354 g/mol. The van der Waals surface area contributed by atoms with Crippen LogP contribution in [0.25, 0.3) is 0 Å². The molecule has 0 unspecified atom stereocenters. The van der Waals surface area contributed by atoms with Crippen molar-refractivity contribution in [3.05, 3.63) is 54.4 Å². The molecule has 0 atom stereocenters. The number of nitrogens with one attached hydrogen (secondary N) is 1. The van der Waals surface area contributed by atoms with Crippen LogP contribution in [0.5, 0.6) is 5.75 Å². The van der Waals surface area contributed by atoms with Gasteiger partial charge in [-0.2, -0.15) is 0 Å². The van der Waals surface area contributed by atoms with E-state index in [-0.39, 0.29) is 6.54 Å². The maximum Gasteiger partial charge on any atom is 0.312 e. The van der Waals surface area contributed by atoms with Gasteiger partial charge in [-0.25, -0.2) is 0 Å². The van der Waals surface area contributed by atoms with Crippen LogP contribution in [0, 0.1) is 0 Å². The van der Waals surface area contributed by atoms with Crippen LogP contribution in [0.2, 0.25) is 0 Å². The van der Waals surface area contributed by atoms with Crippen molar-refractivity contribution in [2.45, 2.75) is 6.54 Å². The molecule has 1 saturated heterocycles. The van der Waals surface area contributed by atoms with Crippen LogP contribution in [0.3, 0.4) is 0 Å². The molecular formula is C19H22N4O3. The van der Waals surface area contributed by atoms with E-state index in [1.165, 1.54) is 0 Å². The molecule has 0 radical (unpaired) electrons. The zero-order valence-electron chi connectivity index (χ0n) is 14.7. The number of carbonyl (C=O) groups is 2. The fourth-order valence-corrected chi connectivity index (χ4v) is 2.85. The second-order valence-corrected chi connectivity index (χ2v) is 5.98. The molecule has 7 heteroatoms. The van der Waals surface area contributed by atoms with Gasteiger partial charge in [0.1, 0.15) is 5.75 Å². The quantitative estimate of drug-likeness (QED) is 0.831. The average Bonchev–Trinajstić information content (AvgIpc) is 2.72. The van der Waals surface area contributed by atoms with Gasteiger partial charge in [0.2, 0.25) is 0 Å². The molecule has 1 aliphatic rings. The first-order chi connectivity index (χ1) is 12.7. The smallest absolute Gasteiger partial charge is 0.312 e. The highest BCUT2D eigenvalue weighted by Gasteiger charge is 2.26. The molecule has 7 nitrogen and oxygen atoms in total. The van der Waals surface area contributed by atoms with Crippen molar-refractivity contribution in [1.82, 2.24) is 15.2 Å². The zero-order valence-corrected chi connectivity index (χ0v) is 14.7. The second kappa shape index (κ2) is 8.33. The minimum absolute atomic E-state index is 0.247. The summed E-state index contributed by atoms with van der Waals surface area (Å²) in [4.78, 5) is 32.3. The first kappa shape index (κ1) is 17.7. The Morgan fingerprint density at radius 2 is 1.81 bits per heavy atom. The number of piperazine rings is 1. The molecule has 1 fully saturated rings. The van der Waals surface area contributed by atoms with Crippen LogP contribution in [-0.2, 0) is 16.1 Å². The van der Waals surface area contributed by atoms with Gasteiger partial charge in [0, 0.05) is 38.1 Å². The molecule has 1 N–H and O–H groups in total. The number of rotatable bonds is 4. The summed E-state index contributed by atoms with van der Waals surface area (Å²) in [6.07, 6.45) is 1.65. The van der Waals surface area contributed by atoms with Gasteiger partial charge in [-0.15, -0.1) is 0 Å². The summed E-state index contributed by atoms with van der Waals surface area (Å²) in [6.45, 7) is 2.65. The molecule has 136 valence electrons. The van der Waals surface area contributed by atoms with Gasteiger partial charge in [-0.05, 0) is 36.4 Å². The lowest BCUT2D eigenvalue weighted by molar-refractivity contribution is -0.146. The first-order valence-corrected chi connectivity index (χ1v) is 8.53. The van der Waals surface area contributed by atoms with Gasteiger partial charge in [-0.1, -0.05) is 6.07 Å². The third kappa shape index (κ3) is 4.30. The fraction of sp³-hybridized carbons (Fsp3) is 0.316. The zero-order chi connectivity index (χ0) is 18.4. The summed E-state index contributed by atoms with van der Waals surface area (Å²) in [5.41, 5.74) is 1.80. The van der Waals surface area contributed by atoms with Crippen molar-refractivity contribution in [3.8, 4) is 5.75 Å². The van der Waals surface area contributed by atoms with E-state index in [4.69, 9.17) is 4.74 Å². The SMILES string of the molecule is COc1ccc(N2CCN(C(=O)C(=O)NCc3ccccn3)CC2)cc1.